The van der Waals surface area contributed by atoms with Crippen molar-refractivity contribution in [3.8, 4) is 17.2 Å². The first kappa shape index (κ1) is 27.0. The summed E-state index contributed by atoms with van der Waals surface area (Å²) in [6.45, 7) is 4.16. The molecule has 0 spiro atoms. The maximum absolute atomic E-state index is 13.7. The fraction of sp³-hybridized carbons (Fsp3) is 0.444. The molecule has 0 saturated heterocycles. The molecule has 0 radical (unpaired) electrons. The topological polar surface area (TPSA) is 89.9 Å². The van der Waals surface area contributed by atoms with E-state index in [2.05, 4.69) is 0 Å². The third-order valence-electron chi connectivity index (χ3n) is 6.08. The van der Waals surface area contributed by atoms with Crippen LogP contribution < -0.4 is 14.2 Å². The van der Waals surface area contributed by atoms with Crippen LogP contribution >= 0.6 is 0 Å². The van der Waals surface area contributed by atoms with E-state index in [9.17, 15) is 9.59 Å². The Morgan fingerprint density at radius 2 is 1.67 bits per heavy atom. The van der Waals surface area contributed by atoms with E-state index >= 15 is 0 Å². The average Bonchev–Trinajstić information content (AvgIpc) is 3.35. The van der Waals surface area contributed by atoms with Gasteiger partial charge in [-0.1, -0.05) is 13.8 Å². The van der Waals surface area contributed by atoms with Gasteiger partial charge in [0.05, 0.1) is 39.7 Å². The second-order valence-corrected chi connectivity index (χ2v) is 8.75. The first-order valence-corrected chi connectivity index (χ1v) is 11.9. The quantitative estimate of drug-likeness (QED) is 0.472. The smallest absolute Gasteiger partial charge is 0.262 e. The summed E-state index contributed by atoms with van der Waals surface area (Å²) in [6, 6.07) is 12.6. The number of carbonyl (C=O) groups excluding carboxylic acids is 2. The largest absolute Gasteiger partial charge is 0.497 e. The van der Waals surface area contributed by atoms with E-state index < -0.39 is 6.04 Å². The van der Waals surface area contributed by atoms with E-state index in [0.717, 1.165) is 22.6 Å². The lowest BCUT2D eigenvalue weighted by Gasteiger charge is -2.28. The van der Waals surface area contributed by atoms with Crippen molar-refractivity contribution in [2.45, 2.75) is 26.3 Å². The van der Waals surface area contributed by atoms with Gasteiger partial charge in [-0.3, -0.25) is 9.59 Å². The second kappa shape index (κ2) is 12.4. The number of hydrogen-bond donors (Lipinski definition) is 0. The Morgan fingerprint density at radius 3 is 2.25 bits per heavy atom. The molecule has 2 aromatic carbocycles. The Kier molecular flexibility index (Phi) is 9.30. The van der Waals surface area contributed by atoms with Crippen LogP contribution in [0.25, 0.3) is 0 Å². The van der Waals surface area contributed by atoms with Gasteiger partial charge in [0, 0.05) is 31.6 Å². The molecular weight excluding hydrogens is 462 g/mol. The fourth-order valence-corrected chi connectivity index (χ4v) is 4.11. The summed E-state index contributed by atoms with van der Waals surface area (Å²) in [5, 5.41) is 6.20. The van der Waals surface area contributed by atoms with Gasteiger partial charge in [0.15, 0.2) is 0 Å². The van der Waals surface area contributed by atoms with Gasteiger partial charge in [-0.15, -0.1) is 0 Å². The summed E-state index contributed by atoms with van der Waals surface area (Å²) < 4.78 is 21.5. The molecule has 9 nitrogen and oxygen atoms in total. The molecule has 1 unspecified atom stereocenters. The first-order valence-electron chi connectivity index (χ1n) is 11.9. The molecular formula is C27H35N3O6. The van der Waals surface area contributed by atoms with E-state index in [-0.39, 0.29) is 24.3 Å². The maximum Gasteiger partial charge on any atom is 0.262 e. The van der Waals surface area contributed by atoms with Gasteiger partial charge < -0.3 is 23.8 Å². The van der Waals surface area contributed by atoms with Crippen molar-refractivity contribution in [2.75, 3.05) is 48.1 Å². The number of nitrogens with zero attached hydrogens (tertiary/aromatic N) is 3. The van der Waals surface area contributed by atoms with Crippen LogP contribution in [0.15, 0.2) is 47.6 Å². The van der Waals surface area contributed by atoms with Crippen molar-refractivity contribution in [1.82, 2.24) is 9.91 Å². The lowest BCUT2D eigenvalue weighted by Crippen LogP contribution is -2.44. The molecule has 0 bridgehead atoms. The van der Waals surface area contributed by atoms with Crippen LogP contribution in [0.3, 0.4) is 0 Å². The zero-order chi connectivity index (χ0) is 26.2. The minimum absolute atomic E-state index is 0.109. The number of rotatable bonds is 11. The average molecular weight is 498 g/mol. The van der Waals surface area contributed by atoms with Crippen LogP contribution in [-0.4, -0.2) is 75.6 Å². The molecule has 2 amide bonds. The molecule has 1 atom stereocenters. The highest BCUT2D eigenvalue weighted by Gasteiger charge is 2.36. The molecule has 2 aromatic rings. The zero-order valence-electron chi connectivity index (χ0n) is 21.8. The summed E-state index contributed by atoms with van der Waals surface area (Å²) in [6.07, 6.45) is 0.470. The predicted molar refractivity (Wildman–Crippen MR) is 137 cm³/mol. The molecule has 1 heterocycles. The number of hydrazone groups is 1. The molecule has 3 rings (SSSR count). The first-order chi connectivity index (χ1) is 17.3. The van der Waals surface area contributed by atoms with Gasteiger partial charge in [0.1, 0.15) is 23.8 Å². The van der Waals surface area contributed by atoms with Crippen LogP contribution in [0.2, 0.25) is 0 Å². The van der Waals surface area contributed by atoms with Crippen molar-refractivity contribution in [3.05, 3.63) is 53.6 Å². The second-order valence-electron chi connectivity index (χ2n) is 8.75. The number of benzene rings is 2. The molecule has 0 aliphatic carbocycles. The normalized spacial score (nSPS) is 15.0. The van der Waals surface area contributed by atoms with Crippen LogP contribution in [0.4, 0.5) is 0 Å². The molecule has 194 valence electrons. The van der Waals surface area contributed by atoms with E-state index in [1.165, 1.54) is 9.91 Å². The van der Waals surface area contributed by atoms with Crippen molar-refractivity contribution < 1.29 is 28.5 Å². The Balaban J connectivity index is 1.99. The lowest BCUT2D eigenvalue weighted by atomic mass is 9.97. The molecule has 0 fully saturated rings. The predicted octanol–water partition coefficient (Wildman–Crippen LogP) is 3.52. The van der Waals surface area contributed by atoms with Gasteiger partial charge in [0.2, 0.25) is 5.91 Å². The van der Waals surface area contributed by atoms with Crippen molar-refractivity contribution in [3.63, 3.8) is 0 Å². The molecule has 1 aliphatic heterocycles. The summed E-state index contributed by atoms with van der Waals surface area (Å²) in [4.78, 5) is 28.0. The number of amides is 2. The summed E-state index contributed by atoms with van der Waals surface area (Å²) in [5.41, 5.74) is 2.41. The highest BCUT2D eigenvalue weighted by Crippen LogP contribution is 2.39. The summed E-state index contributed by atoms with van der Waals surface area (Å²) in [5.74, 6) is 1.35. The van der Waals surface area contributed by atoms with E-state index in [1.54, 1.807) is 28.4 Å². The van der Waals surface area contributed by atoms with Crippen molar-refractivity contribution in [2.24, 2.45) is 11.0 Å². The fourth-order valence-electron chi connectivity index (χ4n) is 4.11. The third-order valence-corrected chi connectivity index (χ3v) is 6.08. The van der Waals surface area contributed by atoms with Crippen molar-refractivity contribution >= 4 is 17.5 Å². The molecule has 0 N–H and O–H groups in total. The van der Waals surface area contributed by atoms with Gasteiger partial charge in [-0.05, 0) is 48.0 Å². The molecule has 0 aromatic heterocycles. The van der Waals surface area contributed by atoms with Crippen LogP contribution in [0.5, 0.6) is 17.2 Å². The van der Waals surface area contributed by atoms with Crippen LogP contribution in [-0.2, 0) is 14.3 Å². The monoisotopic (exact) mass is 497 g/mol. The SMILES string of the molecule is COCCN(CC(=O)N1N=C(c2ccc(OC)cc2)CC1c1cc(OC)ccc1OC)C(=O)C(C)C. The Labute approximate surface area is 212 Å². The Hall–Kier alpha value is -3.59. The lowest BCUT2D eigenvalue weighted by molar-refractivity contribution is -0.143. The molecule has 9 heteroatoms. The van der Waals surface area contributed by atoms with E-state index in [1.807, 2.05) is 56.3 Å². The highest BCUT2D eigenvalue weighted by atomic mass is 16.5. The standard InChI is InChI=1S/C27H35N3O6/c1-18(2)27(32)29(13-14-33-3)17-26(31)30-24(22-15-21(35-5)11-12-25(22)36-6)16-23(28-30)19-7-9-20(34-4)10-8-19/h7-12,15,18,24H,13-14,16-17H2,1-6H3. The van der Waals surface area contributed by atoms with Crippen molar-refractivity contribution in [1.29, 1.82) is 0 Å². The van der Waals surface area contributed by atoms with Gasteiger partial charge >= 0.3 is 0 Å². The number of carbonyl (C=O) groups is 2. The van der Waals surface area contributed by atoms with Gasteiger partial charge in [-0.2, -0.15) is 5.10 Å². The van der Waals surface area contributed by atoms with Crippen LogP contribution in [0, 0.1) is 5.92 Å². The van der Waals surface area contributed by atoms with E-state index in [0.29, 0.717) is 31.1 Å². The number of ether oxygens (including phenoxy) is 4. The van der Waals surface area contributed by atoms with Gasteiger partial charge in [0.25, 0.3) is 5.91 Å². The summed E-state index contributed by atoms with van der Waals surface area (Å²) >= 11 is 0. The third kappa shape index (κ3) is 6.15. The highest BCUT2D eigenvalue weighted by molar-refractivity contribution is 6.03. The molecule has 0 saturated carbocycles. The zero-order valence-corrected chi connectivity index (χ0v) is 21.8. The number of methoxy groups -OCH3 is 4. The van der Waals surface area contributed by atoms with Crippen LogP contribution in [0.1, 0.15) is 37.4 Å². The minimum Gasteiger partial charge on any atom is -0.497 e. The number of hydrogen-bond acceptors (Lipinski definition) is 7. The molecule has 36 heavy (non-hydrogen) atoms. The van der Waals surface area contributed by atoms with E-state index in [4.69, 9.17) is 24.0 Å². The Bertz CT molecular complexity index is 1080. The maximum atomic E-state index is 13.7. The minimum atomic E-state index is -0.432. The Morgan fingerprint density at radius 1 is 1.00 bits per heavy atom. The van der Waals surface area contributed by atoms with Gasteiger partial charge in [-0.25, -0.2) is 5.01 Å². The summed E-state index contributed by atoms with van der Waals surface area (Å²) in [7, 11) is 6.36. The molecule has 1 aliphatic rings.